The maximum Gasteiger partial charge on any atom is 1.00 e. The van der Waals surface area contributed by atoms with Gasteiger partial charge in [-0.3, -0.25) is 0 Å². The van der Waals surface area contributed by atoms with Gasteiger partial charge in [-0.15, -0.1) is 0 Å². The molecule has 0 atom stereocenters. The first kappa shape index (κ1) is 9.85. The maximum atomic E-state index is 5.14. The summed E-state index contributed by atoms with van der Waals surface area (Å²) in [5, 5.41) is 0. The van der Waals surface area contributed by atoms with Gasteiger partial charge in [0.25, 0.3) is 0 Å². The molecule has 6 heavy (non-hydrogen) atoms. The summed E-state index contributed by atoms with van der Waals surface area (Å²) in [5.41, 5.74) is 5.14. The van der Waals surface area contributed by atoms with Crippen LogP contribution < -0.4 is 5.73 Å². The zero-order valence-electron chi connectivity index (χ0n) is 4.00. The van der Waals surface area contributed by atoms with Crippen LogP contribution in [0.2, 0.25) is 0 Å². The maximum absolute atomic E-state index is 5.14. The van der Waals surface area contributed by atoms with Gasteiger partial charge in [-0.25, -0.2) is 0 Å². The number of hydrogen-bond donors (Lipinski definition) is 1. The molecule has 0 bridgehead atoms. The van der Waals surface area contributed by atoms with E-state index in [4.69, 9.17) is 5.73 Å². The molecule has 0 heterocycles. The van der Waals surface area contributed by atoms with Crippen LogP contribution in [0.1, 0.15) is 19.8 Å². The van der Waals surface area contributed by atoms with Crippen molar-refractivity contribution in [2.24, 2.45) is 5.73 Å². The molecule has 2 heteroatoms. The number of hydrogen-bond acceptors (Lipinski definition) is 1. The van der Waals surface area contributed by atoms with Crippen LogP contribution in [-0.4, -0.2) is 6.54 Å². The third-order valence-electron chi connectivity index (χ3n) is 0.558. The molecule has 0 aromatic heterocycles. The van der Waals surface area contributed by atoms with E-state index in [0.29, 0.717) is 0 Å². The zero-order chi connectivity index (χ0) is 4.12. The Morgan fingerprint density at radius 1 is 1.50 bits per heavy atom. The van der Waals surface area contributed by atoms with Crippen LogP contribution in [0, 0.1) is 0 Å². The summed E-state index contributed by atoms with van der Waals surface area (Å²) in [6.07, 6.45) is 2.39. The van der Waals surface area contributed by atoms with Gasteiger partial charge >= 0.3 is 22.4 Å². The van der Waals surface area contributed by atoms with Crippen LogP contribution in [-0.2, 0) is 22.4 Å². The minimum Gasteiger partial charge on any atom is -0.330 e. The van der Waals surface area contributed by atoms with Gasteiger partial charge in [-0.1, -0.05) is 13.3 Å². The summed E-state index contributed by atoms with van der Waals surface area (Å²) in [6, 6.07) is 0. The quantitative estimate of drug-likeness (QED) is 0.624. The molecule has 0 saturated carbocycles. The monoisotopic (exact) mass is 180 g/mol. The van der Waals surface area contributed by atoms with Crippen LogP contribution in [0.5, 0.6) is 0 Å². The van der Waals surface area contributed by atoms with E-state index >= 15 is 0 Å². The summed E-state index contributed by atoms with van der Waals surface area (Å²) >= 11 is 0. The van der Waals surface area contributed by atoms with Crippen molar-refractivity contribution in [2.75, 3.05) is 6.54 Å². The summed E-state index contributed by atoms with van der Waals surface area (Å²) in [5.74, 6) is 0. The Bertz CT molecular complexity index is 15.0. The Balaban J connectivity index is 0. The predicted octanol–water partition coefficient (Wildman–Crippen LogP) is 0.743. The molecule has 42 valence electrons. The molecule has 0 rings (SSSR count). The van der Waals surface area contributed by atoms with Crippen molar-refractivity contribution >= 4 is 0 Å². The van der Waals surface area contributed by atoms with E-state index in [1.807, 2.05) is 0 Å². The molecule has 0 aromatic carbocycles. The average Bonchev–Trinajstić information content (AvgIpc) is 1.41. The molecular formula is C4H11AgN+. The van der Waals surface area contributed by atoms with Gasteiger partial charge in [0.1, 0.15) is 0 Å². The third-order valence-corrected chi connectivity index (χ3v) is 0.558. The van der Waals surface area contributed by atoms with Crippen molar-refractivity contribution in [3.8, 4) is 0 Å². The first-order valence-corrected chi connectivity index (χ1v) is 2.12. The molecule has 1 nitrogen and oxygen atoms in total. The molecule has 0 unspecified atom stereocenters. The SMILES string of the molecule is CCCCN.[Ag+]. The Morgan fingerprint density at radius 3 is 2.00 bits per heavy atom. The molecule has 0 aliphatic heterocycles. The molecule has 0 saturated heterocycles. The summed E-state index contributed by atoms with van der Waals surface area (Å²) in [6.45, 7) is 2.98. The fourth-order valence-corrected chi connectivity index (χ4v) is 0.204. The van der Waals surface area contributed by atoms with Gasteiger partial charge in [-0.05, 0) is 13.0 Å². The second-order valence-corrected chi connectivity index (χ2v) is 1.14. The van der Waals surface area contributed by atoms with Gasteiger partial charge in [0.15, 0.2) is 0 Å². The van der Waals surface area contributed by atoms with Crippen LogP contribution in [0.15, 0.2) is 0 Å². The van der Waals surface area contributed by atoms with Gasteiger partial charge < -0.3 is 5.73 Å². The summed E-state index contributed by atoms with van der Waals surface area (Å²) < 4.78 is 0. The van der Waals surface area contributed by atoms with Crippen molar-refractivity contribution in [1.29, 1.82) is 0 Å². The molecule has 2 N–H and O–H groups in total. The Labute approximate surface area is 54.8 Å². The van der Waals surface area contributed by atoms with E-state index in [-0.39, 0.29) is 22.4 Å². The normalized spacial score (nSPS) is 7.00. The van der Waals surface area contributed by atoms with Crippen molar-refractivity contribution in [3.05, 3.63) is 0 Å². The fourth-order valence-electron chi connectivity index (χ4n) is 0.204. The largest absolute Gasteiger partial charge is 1.00 e. The first-order valence-electron chi connectivity index (χ1n) is 2.12. The Hall–Kier alpha value is 0.700. The molecule has 0 spiro atoms. The standard InChI is InChI=1S/C4H11N.Ag/c1-2-3-4-5;/h2-5H2,1H3;/q;+1. The van der Waals surface area contributed by atoms with E-state index in [1.54, 1.807) is 0 Å². The Kier molecular flexibility index (Phi) is 15.1. The molecule has 0 aromatic rings. The fraction of sp³-hybridized carbons (Fsp3) is 1.00. The number of rotatable bonds is 2. The van der Waals surface area contributed by atoms with E-state index < -0.39 is 0 Å². The van der Waals surface area contributed by atoms with Crippen molar-refractivity contribution in [1.82, 2.24) is 0 Å². The molecule has 0 aliphatic rings. The molecular weight excluding hydrogens is 170 g/mol. The topological polar surface area (TPSA) is 26.0 Å². The minimum atomic E-state index is 0. The van der Waals surface area contributed by atoms with Gasteiger partial charge in [0.05, 0.1) is 0 Å². The minimum absolute atomic E-state index is 0. The first-order chi connectivity index (χ1) is 2.41. The summed E-state index contributed by atoms with van der Waals surface area (Å²) in [4.78, 5) is 0. The predicted molar refractivity (Wildman–Crippen MR) is 24.0 cm³/mol. The van der Waals surface area contributed by atoms with Crippen LogP contribution in [0.4, 0.5) is 0 Å². The molecule has 0 aliphatic carbocycles. The van der Waals surface area contributed by atoms with E-state index in [2.05, 4.69) is 6.92 Å². The van der Waals surface area contributed by atoms with Crippen molar-refractivity contribution in [3.63, 3.8) is 0 Å². The van der Waals surface area contributed by atoms with Crippen molar-refractivity contribution < 1.29 is 22.4 Å². The van der Waals surface area contributed by atoms with E-state index in [0.717, 1.165) is 6.54 Å². The number of nitrogens with two attached hydrogens (primary N) is 1. The van der Waals surface area contributed by atoms with Gasteiger partial charge in [0, 0.05) is 0 Å². The van der Waals surface area contributed by atoms with Crippen molar-refractivity contribution in [2.45, 2.75) is 19.8 Å². The third kappa shape index (κ3) is 8.83. The molecule has 0 amide bonds. The van der Waals surface area contributed by atoms with Gasteiger partial charge in [-0.2, -0.15) is 0 Å². The number of unbranched alkanes of at least 4 members (excludes halogenated alkanes) is 1. The Morgan fingerprint density at radius 2 is 2.00 bits per heavy atom. The molecule has 0 radical (unpaired) electrons. The average molecular weight is 181 g/mol. The van der Waals surface area contributed by atoms with Crippen LogP contribution >= 0.6 is 0 Å². The second kappa shape index (κ2) is 9.20. The summed E-state index contributed by atoms with van der Waals surface area (Å²) in [7, 11) is 0. The van der Waals surface area contributed by atoms with Crippen LogP contribution in [0.3, 0.4) is 0 Å². The smallest absolute Gasteiger partial charge is 0.330 e. The van der Waals surface area contributed by atoms with E-state index in [1.165, 1.54) is 12.8 Å². The van der Waals surface area contributed by atoms with E-state index in [9.17, 15) is 0 Å². The molecule has 0 fully saturated rings. The van der Waals surface area contributed by atoms with Gasteiger partial charge in [0.2, 0.25) is 0 Å². The zero-order valence-corrected chi connectivity index (χ0v) is 5.48. The second-order valence-electron chi connectivity index (χ2n) is 1.14. The van der Waals surface area contributed by atoms with Crippen LogP contribution in [0.25, 0.3) is 0 Å².